The van der Waals surface area contributed by atoms with Crippen LogP contribution < -0.4 is 9.47 Å². The molecule has 6 rings (SSSR count). The maximum Gasteiger partial charge on any atom is 0.374 e. The van der Waals surface area contributed by atoms with E-state index >= 15 is 0 Å². The molecule has 0 unspecified atom stereocenters. The van der Waals surface area contributed by atoms with Crippen molar-refractivity contribution in [3.8, 4) is 0 Å². The molecule has 0 saturated heterocycles. The zero-order valence-electron chi connectivity index (χ0n) is 28.1. The van der Waals surface area contributed by atoms with E-state index in [1.54, 1.807) is 18.2 Å². The molecule has 0 bridgehead atoms. The normalized spacial score (nSPS) is 15.0. The van der Waals surface area contributed by atoms with E-state index in [1.165, 1.54) is 12.1 Å². The highest BCUT2D eigenvalue weighted by atomic mass is 32.2. The number of aliphatic carboxylic acids is 2. The lowest BCUT2D eigenvalue weighted by molar-refractivity contribution is -0.669. The summed E-state index contributed by atoms with van der Waals surface area (Å²) in [5.41, 5.74) is 6.81. The van der Waals surface area contributed by atoms with Gasteiger partial charge in [-0.3, -0.25) is 14.1 Å². The Kier molecular flexibility index (Phi) is 9.77. The summed E-state index contributed by atoms with van der Waals surface area (Å²) >= 11 is 0. The van der Waals surface area contributed by atoms with E-state index in [9.17, 15) is 22.6 Å². The van der Waals surface area contributed by atoms with Crippen molar-refractivity contribution in [3.63, 3.8) is 0 Å². The van der Waals surface area contributed by atoms with Gasteiger partial charge in [0.2, 0.25) is 5.58 Å². The average Bonchev–Trinajstić information content (AvgIpc) is 3.52. The van der Waals surface area contributed by atoms with Crippen molar-refractivity contribution >= 4 is 44.9 Å². The molecule has 11 heteroatoms. The Morgan fingerprint density at radius 1 is 0.804 bits per heavy atom. The van der Waals surface area contributed by atoms with Gasteiger partial charge in [0.15, 0.2) is 6.54 Å². The number of fused-ring (bicyclic) bond motifs is 2. The van der Waals surface area contributed by atoms with E-state index in [0.29, 0.717) is 24.5 Å². The standard InChI is InChI=1S/C40H36N2O8S/c1-40(2)32-24-31(51(47,48)49)20-21-33(32)41(25-29-16-12-27(13-17-29)22-38(43)44)36(40)10-4-3-5-11-37-42(34-8-6-7-9-35(34)50-37)26-30-18-14-28(15-19-30)23-39(45)46/h3-21,24H,22-23,25-26H2,1-2H3,(H2-,43,44,45,46,47,48,49)/p+1. The zero-order chi connectivity index (χ0) is 36.3. The first-order valence-corrected chi connectivity index (χ1v) is 17.7. The van der Waals surface area contributed by atoms with Gasteiger partial charge in [-0.1, -0.05) is 92.7 Å². The molecule has 1 aliphatic rings. The number of anilines is 1. The maximum absolute atomic E-state index is 12.0. The summed E-state index contributed by atoms with van der Waals surface area (Å²) in [5.74, 6) is -1.15. The van der Waals surface area contributed by atoms with Crippen LogP contribution in [-0.2, 0) is 51.1 Å². The fourth-order valence-electron chi connectivity index (χ4n) is 6.41. The van der Waals surface area contributed by atoms with E-state index in [-0.39, 0.29) is 17.7 Å². The molecule has 260 valence electrons. The number of nitrogens with zero attached hydrogens (tertiary/aromatic N) is 2. The van der Waals surface area contributed by atoms with Gasteiger partial charge in [-0.25, -0.2) is 0 Å². The minimum absolute atomic E-state index is 0.0348. The highest BCUT2D eigenvalue weighted by Gasteiger charge is 2.40. The van der Waals surface area contributed by atoms with Gasteiger partial charge in [-0.15, -0.1) is 0 Å². The fourth-order valence-corrected chi connectivity index (χ4v) is 6.92. The molecule has 0 aliphatic carbocycles. The monoisotopic (exact) mass is 705 g/mol. The van der Waals surface area contributed by atoms with Crippen molar-refractivity contribution in [2.45, 2.75) is 50.1 Å². The zero-order valence-corrected chi connectivity index (χ0v) is 28.9. The molecule has 2 heterocycles. The molecule has 0 fully saturated rings. The quantitative estimate of drug-likeness (QED) is 0.0731. The third kappa shape index (κ3) is 7.85. The number of benzene rings is 4. The Morgan fingerprint density at radius 3 is 2.04 bits per heavy atom. The maximum atomic E-state index is 12.0. The van der Waals surface area contributed by atoms with Gasteiger partial charge in [-0.05, 0) is 52.6 Å². The number of hydrogen-bond acceptors (Lipinski definition) is 6. The molecule has 1 aromatic heterocycles. The van der Waals surface area contributed by atoms with Gasteiger partial charge in [0.1, 0.15) is 0 Å². The second-order valence-corrected chi connectivity index (χ2v) is 14.4. The topological polar surface area (TPSA) is 149 Å². The summed E-state index contributed by atoms with van der Waals surface area (Å²) in [5, 5.41) is 18.3. The van der Waals surface area contributed by atoms with Crippen molar-refractivity contribution in [1.29, 1.82) is 0 Å². The molecule has 0 amide bonds. The van der Waals surface area contributed by atoms with Gasteiger partial charge in [0.05, 0.1) is 23.8 Å². The van der Waals surface area contributed by atoms with Gasteiger partial charge in [0, 0.05) is 35.0 Å². The van der Waals surface area contributed by atoms with Crippen molar-refractivity contribution in [2.24, 2.45) is 0 Å². The van der Waals surface area contributed by atoms with Crippen molar-refractivity contribution in [2.75, 3.05) is 4.90 Å². The molecule has 5 aromatic rings. The average molecular weight is 706 g/mol. The van der Waals surface area contributed by atoms with Gasteiger partial charge in [0.25, 0.3) is 15.6 Å². The van der Waals surface area contributed by atoms with Crippen LogP contribution in [0.4, 0.5) is 5.69 Å². The smallest absolute Gasteiger partial charge is 0.374 e. The lowest BCUT2D eigenvalue weighted by atomic mass is 9.83. The summed E-state index contributed by atoms with van der Waals surface area (Å²) in [7, 11) is -4.42. The van der Waals surface area contributed by atoms with Crippen LogP contribution in [-0.4, -0.2) is 35.1 Å². The van der Waals surface area contributed by atoms with Gasteiger partial charge in [-0.2, -0.15) is 13.0 Å². The molecule has 4 aromatic carbocycles. The van der Waals surface area contributed by atoms with E-state index in [2.05, 4.69) is 9.47 Å². The molecule has 10 nitrogen and oxygen atoms in total. The van der Waals surface area contributed by atoms with Crippen LogP contribution in [0.3, 0.4) is 0 Å². The molecule has 3 N–H and O–H groups in total. The highest BCUT2D eigenvalue weighted by molar-refractivity contribution is 7.85. The summed E-state index contributed by atoms with van der Waals surface area (Å²) < 4.78 is 42.1. The predicted molar refractivity (Wildman–Crippen MR) is 193 cm³/mol. The van der Waals surface area contributed by atoms with E-state index in [0.717, 1.165) is 44.7 Å². The fraction of sp³-hybridized carbons (Fsp3) is 0.175. The minimum Gasteiger partial charge on any atom is -0.481 e. The first kappa shape index (κ1) is 35.1. The van der Waals surface area contributed by atoms with E-state index < -0.39 is 27.5 Å². The number of rotatable bonds is 12. The van der Waals surface area contributed by atoms with Crippen LogP contribution in [0.5, 0.6) is 0 Å². The number of allylic oxidation sites excluding steroid dienone is 5. The number of aromatic nitrogens is 1. The Hall–Kier alpha value is -5.78. The second kappa shape index (κ2) is 14.2. The van der Waals surface area contributed by atoms with Crippen LogP contribution in [0.25, 0.3) is 17.2 Å². The number of para-hydroxylation sites is 2. The lowest BCUT2D eigenvalue weighted by Crippen LogP contribution is -2.35. The summed E-state index contributed by atoms with van der Waals surface area (Å²) in [6.07, 6.45) is 9.40. The predicted octanol–water partition coefficient (Wildman–Crippen LogP) is 6.72. The Labute approximate surface area is 295 Å². The number of carboxylic acid groups (broad SMARTS) is 2. The van der Waals surface area contributed by atoms with Crippen LogP contribution in [0.1, 0.15) is 47.6 Å². The molecule has 0 saturated carbocycles. The number of carbonyl (C=O) groups is 2. The van der Waals surface area contributed by atoms with Crippen LogP contribution >= 0.6 is 0 Å². The lowest BCUT2D eigenvalue weighted by Gasteiger charge is -2.27. The van der Waals surface area contributed by atoms with Crippen LogP contribution in [0.15, 0.2) is 130 Å². The van der Waals surface area contributed by atoms with Crippen LogP contribution in [0.2, 0.25) is 0 Å². The van der Waals surface area contributed by atoms with E-state index in [1.807, 2.05) is 105 Å². The molecule has 0 atom stereocenters. The van der Waals surface area contributed by atoms with E-state index in [4.69, 9.17) is 14.6 Å². The second-order valence-electron chi connectivity index (χ2n) is 12.9. The summed E-state index contributed by atoms with van der Waals surface area (Å²) in [4.78, 5) is 24.2. The molecular formula is C40H37N2O8S+. The number of oxazole rings is 1. The van der Waals surface area contributed by atoms with Crippen molar-refractivity contribution in [1.82, 2.24) is 0 Å². The SMILES string of the molecule is CC1(C)\C(=C/C=C/C=C/c2oc3ccccc3[n+]2Cc2ccc(CC(=O)O)cc2)N(Cc2ccc(CC(=O)O)cc2)c2ccc(S(=O)(=O)O)cc21. The first-order valence-electron chi connectivity index (χ1n) is 16.3. The van der Waals surface area contributed by atoms with Gasteiger partial charge < -0.3 is 19.5 Å². The van der Waals surface area contributed by atoms with Crippen LogP contribution in [0, 0.1) is 0 Å². The first-order chi connectivity index (χ1) is 24.3. The Balaban J connectivity index is 1.29. The largest absolute Gasteiger partial charge is 0.481 e. The molecular weight excluding hydrogens is 669 g/mol. The summed E-state index contributed by atoms with van der Waals surface area (Å²) in [6.45, 7) is 4.95. The molecule has 0 spiro atoms. The Morgan fingerprint density at radius 2 is 1.41 bits per heavy atom. The third-order valence-electron chi connectivity index (χ3n) is 8.95. The Bertz CT molecular complexity index is 2320. The number of hydrogen-bond donors (Lipinski definition) is 3. The highest BCUT2D eigenvalue weighted by Crippen LogP contribution is 2.49. The van der Waals surface area contributed by atoms with Crippen molar-refractivity contribution < 1.29 is 41.8 Å². The molecule has 0 radical (unpaired) electrons. The summed E-state index contributed by atoms with van der Waals surface area (Å²) in [6, 6.07) is 27.2. The molecule has 1 aliphatic heterocycles. The minimum atomic E-state index is -4.42. The number of carboxylic acids is 2. The van der Waals surface area contributed by atoms with Gasteiger partial charge >= 0.3 is 17.8 Å². The van der Waals surface area contributed by atoms with Crippen molar-refractivity contribution in [3.05, 3.63) is 155 Å². The third-order valence-corrected chi connectivity index (χ3v) is 9.80. The molecule has 51 heavy (non-hydrogen) atoms.